The molecule has 3 unspecified atom stereocenters. The first-order valence-electron chi connectivity index (χ1n) is 15.9. The highest BCUT2D eigenvalue weighted by atomic mass is 16.5. The Hall–Kier alpha value is -5.41. The molecule has 3 atom stereocenters. The topological polar surface area (TPSA) is 33.6 Å². The predicted octanol–water partition coefficient (Wildman–Crippen LogP) is 8.93. The molecule has 214 valence electrons. The van der Waals surface area contributed by atoms with Crippen LogP contribution in [0.25, 0.3) is 11.3 Å². The molecule has 0 amide bonds. The Morgan fingerprint density at radius 1 is 0.600 bits per heavy atom. The van der Waals surface area contributed by atoms with Gasteiger partial charge in [0.15, 0.2) is 0 Å². The van der Waals surface area contributed by atoms with Crippen LogP contribution in [0.3, 0.4) is 0 Å². The largest absolute Gasteiger partial charge is 0.457 e. The van der Waals surface area contributed by atoms with Gasteiger partial charge in [0.2, 0.25) is 0 Å². The molecule has 0 radical (unpaired) electrons. The SMILES string of the molecule is C1=C(c2ccccc2)NC(C2=CC3=C(c4ccccc4C34c3ccccc3Oc3ccccc34)C3CC23)N=C1c1ccccc1. The van der Waals surface area contributed by atoms with Gasteiger partial charge in [-0.1, -0.05) is 127 Å². The molecule has 2 aliphatic heterocycles. The summed E-state index contributed by atoms with van der Waals surface area (Å²) in [6.07, 6.45) is 5.72. The van der Waals surface area contributed by atoms with Crippen molar-refractivity contribution in [3.05, 3.63) is 190 Å². The number of ether oxygens (including phenoxy) is 1. The zero-order valence-electron chi connectivity index (χ0n) is 24.7. The molecule has 0 bridgehead atoms. The van der Waals surface area contributed by atoms with Crippen LogP contribution >= 0.6 is 0 Å². The summed E-state index contributed by atoms with van der Waals surface area (Å²) >= 11 is 0. The van der Waals surface area contributed by atoms with Crippen molar-refractivity contribution in [2.24, 2.45) is 16.8 Å². The first kappa shape index (κ1) is 25.0. The first-order valence-corrected chi connectivity index (χ1v) is 15.9. The quantitative estimate of drug-likeness (QED) is 0.232. The number of allylic oxidation sites excluding steroid dienone is 4. The van der Waals surface area contributed by atoms with Gasteiger partial charge in [-0.25, -0.2) is 0 Å². The van der Waals surface area contributed by atoms with Gasteiger partial charge in [-0.15, -0.1) is 0 Å². The molecule has 3 heteroatoms. The van der Waals surface area contributed by atoms with Crippen molar-refractivity contribution < 1.29 is 4.74 Å². The number of hydrogen-bond donors (Lipinski definition) is 1. The Labute approximate surface area is 262 Å². The van der Waals surface area contributed by atoms with E-state index in [2.05, 4.69) is 151 Å². The van der Waals surface area contributed by atoms with E-state index in [1.807, 2.05) is 0 Å². The molecule has 1 saturated carbocycles. The number of hydrogen-bond acceptors (Lipinski definition) is 3. The molecule has 0 saturated heterocycles. The van der Waals surface area contributed by atoms with Crippen molar-refractivity contribution in [1.82, 2.24) is 5.32 Å². The Balaban J connectivity index is 1.20. The van der Waals surface area contributed by atoms with Gasteiger partial charge in [0.05, 0.1) is 11.1 Å². The maximum Gasteiger partial charge on any atom is 0.142 e. The highest BCUT2D eigenvalue weighted by molar-refractivity contribution is 6.13. The van der Waals surface area contributed by atoms with Crippen LogP contribution in [0.5, 0.6) is 11.5 Å². The second kappa shape index (κ2) is 9.30. The molecular weight excluding hydrogens is 548 g/mol. The summed E-state index contributed by atoms with van der Waals surface area (Å²) in [6, 6.07) is 47.6. The lowest BCUT2D eigenvalue weighted by atomic mass is 9.64. The lowest BCUT2D eigenvalue weighted by molar-refractivity contribution is 0.435. The van der Waals surface area contributed by atoms with Crippen LogP contribution in [-0.4, -0.2) is 11.9 Å². The smallest absolute Gasteiger partial charge is 0.142 e. The molecule has 5 aromatic rings. The molecule has 1 spiro atoms. The maximum atomic E-state index is 6.58. The molecular formula is C42H30N2O. The van der Waals surface area contributed by atoms with Crippen LogP contribution in [0.4, 0.5) is 0 Å². The monoisotopic (exact) mass is 578 g/mol. The Morgan fingerprint density at radius 2 is 1.20 bits per heavy atom. The van der Waals surface area contributed by atoms with E-state index >= 15 is 0 Å². The Morgan fingerprint density at radius 3 is 1.91 bits per heavy atom. The summed E-state index contributed by atoms with van der Waals surface area (Å²) in [4.78, 5) is 5.43. The van der Waals surface area contributed by atoms with Crippen molar-refractivity contribution in [2.45, 2.75) is 18.0 Å². The third-order valence-electron chi connectivity index (χ3n) is 10.3. The molecule has 3 aliphatic carbocycles. The summed E-state index contributed by atoms with van der Waals surface area (Å²) in [6.45, 7) is 0. The summed E-state index contributed by atoms with van der Waals surface area (Å²) in [7, 11) is 0. The van der Waals surface area contributed by atoms with Gasteiger partial charge in [0.25, 0.3) is 0 Å². The van der Waals surface area contributed by atoms with Gasteiger partial charge in [-0.2, -0.15) is 0 Å². The van der Waals surface area contributed by atoms with Crippen LogP contribution in [-0.2, 0) is 5.41 Å². The van der Waals surface area contributed by atoms with Crippen molar-refractivity contribution in [3.63, 3.8) is 0 Å². The molecule has 5 aromatic carbocycles. The highest BCUT2D eigenvalue weighted by Crippen LogP contribution is 2.68. The minimum Gasteiger partial charge on any atom is -0.457 e. The van der Waals surface area contributed by atoms with Crippen LogP contribution < -0.4 is 10.1 Å². The number of aliphatic imine (C=N–C) groups is 1. The zero-order chi connectivity index (χ0) is 29.5. The van der Waals surface area contributed by atoms with E-state index in [9.17, 15) is 0 Å². The van der Waals surface area contributed by atoms with Gasteiger partial charge < -0.3 is 10.1 Å². The Bertz CT molecular complexity index is 2110. The average Bonchev–Trinajstić information content (AvgIpc) is 3.86. The second-order valence-electron chi connectivity index (χ2n) is 12.7. The lowest BCUT2D eigenvalue weighted by Crippen LogP contribution is -2.36. The number of rotatable bonds is 3. The summed E-state index contributed by atoms with van der Waals surface area (Å²) in [5.74, 6) is 2.81. The standard InChI is InChI=1S/C42H30N2O/c1-3-13-26(14-4-1)36-25-37(27-15-5-2-6-16-27)44-41(43-36)31-24-35-40(30-23-29(30)31)28-17-7-8-18-32(28)42(35)33-19-9-11-21-38(33)45-39-22-12-10-20-34(39)42/h1-22,24-25,29-30,41,43H,23H2. The summed E-state index contributed by atoms with van der Waals surface area (Å²) in [5, 5.41) is 3.89. The van der Waals surface area contributed by atoms with E-state index in [1.54, 1.807) is 0 Å². The van der Waals surface area contributed by atoms with E-state index < -0.39 is 5.41 Å². The molecule has 10 rings (SSSR count). The molecule has 45 heavy (non-hydrogen) atoms. The predicted molar refractivity (Wildman–Crippen MR) is 180 cm³/mol. The maximum absolute atomic E-state index is 6.58. The van der Waals surface area contributed by atoms with Crippen LogP contribution in [0, 0.1) is 11.8 Å². The van der Waals surface area contributed by atoms with Crippen molar-refractivity contribution >= 4 is 17.0 Å². The molecule has 1 N–H and O–H groups in total. The van der Waals surface area contributed by atoms with Gasteiger partial charge in [-0.3, -0.25) is 4.99 Å². The highest BCUT2D eigenvalue weighted by Gasteiger charge is 2.58. The molecule has 1 fully saturated rings. The normalized spacial score (nSPS) is 22.8. The molecule has 3 nitrogen and oxygen atoms in total. The molecule has 0 aromatic heterocycles. The first-order chi connectivity index (χ1) is 22.3. The van der Waals surface area contributed by atoms with Gasteiger partial charge in [0, 0.05) is 16.8 Å². The van der Waals surface area contributed by atoms with Gasteiger partial charge >= 0.3 is 0 Å². The van der Waals surface area contributed by atoms with Crippen LogP contribution in [0.2, 0.25) is 0 Å². The summed E-state index contributed by atoms with van der Waals surface area (Å²) < 4.78 is 6.58. The Kier molecular flexibility index (Phi) is 5.16. The number of fused-ring (bicyclic) bond motifs is 10. The van der Waals surface area contributed by atoms with Crippen molar-refractivity contribution in [3.8, 4) is 11.5 Å². The lowest BCUT2D eigenvalue weighted by Gasteiger charge is -2.41. The van der Waals surface area contributed by atoms with E-state index in [4.69, 9.17) is 9.73 Å². The minimum absolute atomic E-state index is 0.157. The molecule has 5 aliphatic rings. The van der Waals surface area contributed by atoms with Gasteiger partial charge in [0.1, 0.15) is 17.7 Å². The van der Waals surface area contributed by atoms with Crippen LogP contribution in [0.1, 0.15) is 39.8 Å². The number of nitrogens with zero attached hydrogens (tertiary/aromatic N) is 1. The third-order valence-corrected chi connectivity index (χ3v) is 10.3. The van der Waals surface area contributed by atoms with E-state index in [1.165, 1.54) is 44.5 Å². The fourth-order valence-corrected chi connectivity index (χ4v) is 8.38. The molecule has 2 heterocycles. The van der Waals surface area contributed by atoms with E-state index in [0.717, 1.165) is 34.9 Å². The fraction of sp³-hybridized carbons (Fsp3) is 0.119. The minimum atomic E-state index is -0.449. The fourth-order valence-electron chi connectivity index (χ4n) is 8.38. The summed E-state index contributed by atoms with van der Waals surface area (Å²) in [5.41, 5.74) is 13.4. The van der Waals surface area contributed by atoms with E-state index in [-0.39, 0.29) is 6.17 Å². The van der Waals surface area contributed by atoms with Crippen LogP contribution in [0.15, 0.2) is 162 Å². The average molecular weight is 579 g/mol. The zero-order valence-corrected chi connectivity index (χ0v) is 24.7. The van der Waals surface area contributed by atoms with Crippen molar-refractivity contribution in [1.29, 1.82) is 0 Å². The number of benzene rings is 5. The van der Waals surface area contributed by atoms with Gasteiger partial charge in [-0.05, 0) is 75.4 Å². The third kappa shape index (κ3) is 3.49. The second-order valence-corrected chi connectivity index (χ2v) is 12.7. The number of nitrogens with one attached hydrogen (secondary N) is 1. The van der Waals surface area contributed by atoms with E-state index in [0.29, 0.717) is 11.8 Å². The number of para-hydroxylation sites is 2. The van der Waals surface area contributed by atoms with Crippen molar-refractivity contribution in [2.75, 3.05) is 0 Å².